The highest BCUT2D eigenvalue weighted by Gasteiger charge is 2.17. The fourth-order valence-electron chi connectivity index (χ4n) is 3.49. The zero-order chi connectivity index (χ0) is 17.8. The van der Waals surface area contributed by atoms with Gasteiger partial charge in [0.25, 0.3) is 0 Å². The minimum atomic E-state index is 0.187. The largest absolute Gasteiger partial charge is 0.490 e. The van der Waals surface area contributed by atoms with E-state index in [4.69, 9.17) is 4.74 Å². The van der Waals surface area contributed by atoms with Crippen LogP contribution in [0.1, 0.15) is 47.7 Å². The number of ether oxygens (including phenoxy) is 1. The number of hydrogen-bond acceptors (Lipinski definition) is 3. The average Bonchev–Trinajstić information content (AvgIpc) is 2.61. The zero-order valence-electron chi connectivity index (χ0n) is 15.3. The lowest BCUT2D eigenvalue weighted by Crippen LogP contribution is -2.22. The van der Waals surface area contributed by atoms with Crippen LogP contribution in [0.3, 0.4) is 0 Å². The summed E-state index contributed by atoms with van der Waals surface area (Å²) < 4.78 is 6.22. The van der Waals surface area contributed by atoms with Gasteiger partial charge in [-0.15, -0.1) is 0 Å². The molecule has 1 heterocycles. The van der Waals surface area contributed by atoms with Crippen molar-refractivity contribution in [2.45, 2.75) is 46.1 Å². The lowest BCUT2D eigenvalue weighted by Gasteiger charge is -2.24. The summed E-state index contributed by atoms with van der Waals surface area (Å²) in [6.07, 6.45) is 3.14. The normalized spacial score (nSPS) is 15.2. The number of Topliss-reactive ketones (excluding diaryl/α,β-unsaturated/α-hetero) is 1. The average molecular weight is 355 g/mol. The van der Waals surface area contributed by atoms with Crippen molar-refractivity contribution >= 4 is 17.5 Å². The lowest BCUT2D eigenvalue weighted by molar-refractivity contribution is 0.0988. The third-order valence-corrected chi connectivity index (χ3v) is 5.82. The highest BCUT2D eigenvalue weighted by molar-refractivity contribution is 7.99. The van der Waals surface area contributed by atoms with Crippen LogP contribution in [0.15, 0.2) is 36.4 Å². The summed E-state index contributed by atoms with van der Waals surface area (Å²) in [6, 6.07) is 12.2. The van der Waals surface area contributed by atoms with Gasteiger partial charge in [-0.25, -0.2) is 0 Å². The van der Waals surface area contributed by atoms with Gasteiger partial charge in [-0.3, -0.25) is 4.79 Å². The Hall–Kier alpha value is -1.74. The van der Waals surface area contributed by atoms with E-state index in [0.717, 1.165) is 29.7 Å². The first-order valence-corrected chi connectivity index (χ1v) is 10.2. The van der Waals surface area contributed by atoms with Crippen molar-refractivity contribution in [3.8, 4) is 16.9 Å². The molecule has 25 heavy (non-hydrogen) atoms. The van der Waals surface area contributed by atoms with Crippen LogP contribution in [0.25, 0.3) is 11.1 Å². The second kappa shape index (κ2) is 8.09. The quantitative estimate of drug-likeness (QED) is 0.631. The van der Waals surface area contributed by atoms with Crippen molar-refractivity contribution < 1.29 is 9.53 Å². The number of hydrogen-bond donors (Lipinski definition) is 0. The van der Waals surface area contributed by atoms with Crippen LogP contribution in [-0.2, 0) is 0 Å². The van der Waals surface area contributed by atoms with Crippen molar-refractivity contribution in [2.24, 2.45) is 0 Å². The highest BCUT2D eigenvalue weighted by atomic mass is 32.2. The molecule has 3 rings (SSSR count). The first kappa shape index (κ1) is 18.1. The first-order chi connectivity index (χ1) is 12.1. The molecule has 1 aliphatic rings. The molecule has 0 aromatic heterocycles. The number of ketones is 1. The minimum absolute atomic E-state index is 0.187. The van der Waals surface area contributed by atoms with Gasteiger partial charge >= 0.3 is 0 Å². The molecule has 3 heteroatoms. The molecule has 0 aliphatic carbocycles. The summed E-state index contributed by atoms with van der Waals surface area (Å²) in [6.45, 7) is 6.15. The Morgan fingerprint density at radius 1 is 1.12 bits per heavy atom. The minimum Gasteiger partial charge on any atom is -0.490 e. The number of carbonyl (C=O) groups is 1. The highest BCUT2D eigenvalue weighted by Crippen LogP contribution is 2.33. The fraction of sp³-hybridized carbons (Fsp3) is 0.409. The monoisotopic (exact) mass is 354 g/mol. The Morgan fingerprint density at radius 3 is 2.44 bits per heavy atom. The number of aryl methyl sites for hydroxylation is 2. The zero-order valence-corrected chi connectivity index (χ0v) is 16.1. The molecule has 0 N–H and O–H groups in total. The summed E-state index contributed by atoms with van der Waals surface area (Å²) >= 11 is 2.01. The van der Waals surface area contributed by atoms with Gasteiger partial charge in [-0.2, -0.15) is 11.8 Å². The molecular formula is C22H26O2S. The van der Waals surface area contributed by atoms with Crippen LogP contribution in [0, 0.1) is 13.8 Å². The molecular weight excluding hydrogens is 328 g/mol. The van der Waals surface area contributed by atoms with Gasteiger partial charge in [0.2, 0.25) is 0 Å². The van der Waals surface area contributed by atoms with Gasteiger partial charge in [0.05, 0.1) is 0 Å². The van der Waals surface area contributed by atoms with Crippen molar-refractivity contribution in [3.05, 3.63) is 53.1 Å². The summed E-state index contributed by atoms with van der Waals surface area (Å²) in [5.74, 6) is 3.54. The molecule has 2 aromatic rings. The molecule has 0 unspecified atom stereocenters. The summed E-state index contributed by atoms with van der Waals surface area (Å²) in [7, 11) is 0. The van der Waals surface area contributed by atoms with E-state index in [-0.39, 0.29) is 5.78 Å². The van der Waals surface area contributed by atoms with E-state index in [0.29, 0.717) is 12.5 Å². The van der Waals surface area contributed by atoms with E-state index in [9.17, 15) is 4.79 Å². The van der Waals surface area contributed by atoms with E-state index in [1.165, 1.54) is 28.2 Å². The molecule has 0 spiro atoms. The Morgan fingerprint density at radius 2 is 1.80 bits per heavy atom. The molecule has 1 saturated heterocycles. The molecule has 2 nitrogen and oxygen atoms in total. The maximum Gasteiger partial charge on any atom is 0.162 e. The van der Waals surface area contributed by atoms with Crippen molar-refractivity contribution in [1.29, 1.82) is 0 Å². The molecule has 0 saturated carbocycles. The molecule has 132 valence electrons. The van der Waals surface area contributed by atoms with Crippen LogP contribution in [0.5, 0.6) is 5.75 Å². The predicted molar refractivity (Wildman–Crippen MR) is 107 cm³/mol. The Bertz CT molecular complexity index is 737. The van der Waals surface area contributed by atoms with E-state index < -0.39 is 0 Å². The van der Waals surface area contributed by atoms with E-state index in [2.05, 4.69) is 32.0 Å². The SMILES string of the molecule is CCC(=O)c1cccc(-c2c(C)cc(OC3CCSCC3)cc2C)c1. The van der Waals surface area contributed by atoms with Gasteiger partial charge < -0.3 is 4.74 Å². The molecule has 0 radical (unpaired) electrons. The molecule has 0 amide bonds. The van der Waals surface area contributed by atoms with Gasteiger partial charge in [-0.05, 0) is 78.6 Å². The van der Waals surface area contributed by atoms with Crippen molar-refractivity contribution in [2.75, 3.05) is 11.5 Å². The molecule has 0 bridgehead atoms. The Labute approximate surface area is 155 Å². The van der Waals surface area contributed by atoms with E-state index in [1.54, 1.807) is 0 Å². The van der Waals surface area contributed by atoms with Crippen LogP contribution >= 0.6 is 11.8 Å². The lowest BCUT2D eigenvalue weighted by atomic mass is 9.93. The maximum absolute atomic E-state index is 12.0. The second-order valence-corrected chi connectivity index (χ2v) is 7.94. The first-order valence-electron chi connectivity index (χ1n) is 9.07. The van der Waals surface area contributed by atoms with Crippen LogP contribution in [-0.4, -0.2) is 23.4 Å². The number of thioether (sulfide) groups is 1. The maximum atomic E-state index is 12.0. The molecule has 0 atom stereocenters. The van der Waals surface area contributed by atoms with Crippen LogP contribution in [0.2, 0.25) is 0 Å². The Balaban J connectivity index is 1.88. The summed E-state index contributed by atoms with van der Waals surface area (Å²) in [5, 5.41) is 0. The smallest absolute Gasteiger partial charge is 0.162 e. The van der Waals surface area contributed by atoms with Crippen molar-refractivity contribution in [3.63, 3.8) is 0 Å². The number of benzene rings is 2. The standard InChI is InChI=1S/C22H26O2S/c1-4-21(23)17-6-5-7-18(14-17)22-15(2)12-20(13-16(22)3)24-19-8-10-25-11-9-19/h5-7,12-14,19H,4,8-11H2,1-3H3. The van der Waals surface area contributed by atoms with Crippen LogP contribution < -0.4 is 4.74 Å². The third-order valence-electron chi connectivity index (χ3n) is 4.77. The summed E-state index contributed by atoms with van der Waals surface area (Å²) in [5.41, 5.74) is 5.49. The predicted octanol–water partition coefficient (Wildman–Crippen LogP) is 5.84. The second-order valence-electron chi connectivity index (χ2n) is 6.72. The molecule has 2 aromatic carbocycles. The number of rotatable bonds is 5. The van der Waals surface area contributed by atoms with Gasteiger partial charge in [-0.1, -0.05) is 25.1 Å². The third kappa shape index (κ3) is 4.27. The van der Waals surface area contributed by atoms with Gasteiger partial charge in [0.1, 0.15) is 11.9 Å². The summed E-state index contributed by atoms with van der Waals surface area (Å²) in [4.78, 5) is 12.0. The van der Waals surface area contributed by atoms with E-state index >= 15 is 0 Å². The van der Waals surface area contributed by atoms with E-state index in [1.807, 2.05) is 36.9 Å². The topological polar surface area (TPSA) is 26.3 Å². The van der Waals surface area contributed by atoms with Crippen LogP contribution in [0.4, 0.5) is 0 Å². The molecule has 1 fully saturated rings. The number of carbonyl (C=O) groups excluding carboxylic acids is 1. The van der Waals surface area contributed by atoms with Crippen molar-refractivity contribution in [1.82, 2.24) is 0 Å². The molecule has 1 aliphatic heterocycles. The Kier molecular flexibility index (Phi) is 5.85. The van der Waals surface area contributed by atoms with Gasteiger partial charge in [0.15, 0.2) is 5.78 Å². The fourth-order valence-corrected chi connectivity index (χ4v) is 4.55. The van der Waals surface area contributed by atoms with Gasteiger partial charge in [0, 0.05) is 12.0 Å².